The van der Waals surface area contributed by atoms with Crippen molar-refractivity contribution >= 4 is 27.3 Å². The van der Waals surface area contributed by atoms with Gasteiger partial charge in [0.2, 0.25) is 0 Å². The van der Waals surface area contributed by atoms with Gasteiger partial charge in [0.05, 0.1) is 23.5 Å². The summed E-state index contributed by atoms with van der Waals surface area (Å²) in [6, 6.07) is 6.96. The number of rotatable bonds is 2. The van der Waals surface area contributed by atoms with Gasteiger partial charge in [-0.25, -0.2) is 13.4 Å². The first-order chi connectivity index (χ1) is 11.0. The molecule has 1 aromatic carbocycles. The molecule has 6 nitrogen and oxygen atoms in total. The number of aromatic amines is 1. The second kappa shape index (κ2) is 6.33. The number of sulfone groups is 1. The van der Waals surface area contributed by atoms with Crippen LogP contribution in [0.3, 0.4) is 0 Å². The van der Waals surface area contributed by atoms with Crippen molar-refractivity contribution in [1.82, 2.24) is 14.9 Å². The molecule has 0 spiro atoms. The van der Waals surface area contributed by atoms with Gasteiger partial charge >= 0.3 is 0 Å². The summed E-state index contributed by atoms with van der Waals surface area (Å²) in [5.74, 6) is -0.319. The first-order valence-electron chi connectivity index (χ1n) is 7.22. The summed E-state index contributed by atoms with van der Waals surface area (Å²) in [6.45, 7) is 0.522. The lowest BCUT2D eigenvalue weighted by Crippen LogP contribution is -2.33. The van der Waals surface area contributed by atoms with Crippen LogP contribution in [0.25, 0.3) is 0 Å². The summed E-state index contributed by atoms with van der Waals surface area (Å²) in [5.41, 5.74) is 0.962. The standard InChI is InChI=1S/C15H16ClN3O3S/c16-12-4-2-1-3-11(12)14-5-6-19(7-8-23(14,21)22)15(20)13-9-17-10-18-13/h1-4,9-10,14H,5-8H2,(H,17,18). The Morgan fingerprint density at radius 2 is 2.09 bits per heavy atom. The van der Waals surface area contributed by atoms with Gasteiger partial charge in [-0.1, -0.05) is 29.8 Å². The Balaban J connectivity index is 1.86. The van der Waals surface area contributed by atoms with Crippen LogP contribution in [0.2, 0.25) is 5.02 Å². The van der Waals surface area contributed by atoms with E-state index in [1.807, 2.05) is 0 Å². The molecule has 1 aromatic heterocycles. The van der Waals surface area contributed by atoms with Crippen molar-refractivity contribution in [2.45, 2.75) is 11.7 Å². The Morgan fingerprint density at radius 1 is 1.30 bits per heavy atom. The van der Waals surface area contributed by atoms with Gasteiger partial charge in [0.15, 0.2) is 9.84 Å². The van der Waals surface area contributed by atoms with E-state index in [0.29, 0.717) is 29.2 Å². The third-order valence-electron chi connectivity index (χ3n) is 4.01. The van der Waals surface area contributed by atoms with Crippen LogP contribution in [0, 0.1) is 0 Å². The van der Waals surface area contributed by atoms with E-state index in [2.05, 4.69) is 9.97 Å². The normalized spacial score (nSPS) is 20.9. The Labute approximate surface area is 139 Å². The van der Waals surface area contributed by atoms with E-state index in [-0.39, 0.29) is 18.2 Å². The molecule has 1 N–H and O–H groups in total. The van der Waals surface area contributed by atoms with Gasteiger partial charge in [-0.15, -0.1) is 0 Å². The van der Waals surface area contributed by atoms with Gasteiger partial charge in [0, 0.05) is 18.1 Å². The molecule has 1 unspecified atom stereocenters. The number of benzene rings is 1. The van der Waals surface area contributed by atoms with Crippen molar-refractivity contribution in [2.24, 2.45) is 0 Å². The molecule has 1 saturated heterocycles. The van der Waals surface area contributed by atoms with Gasteiger partial charge in [0.1, 0.15) is 5.69 Å². The number of carbonyl (C=O) groups excluding carboxylic acids is 1. The average Bonchev–Trinajstić information content (AvgIpc) is 3.00. The maximum absolute atomic E-state index is 12.6. The molecule has 0 radical (unpaired) electrons. The lowest BCUT2D eigenvalue weighted by molar-refractivity contribution is 0.0761. The van der Waals surface area contributed by atoms with Gasteiger partial charge in [0.25, 0.3) is 5.91 Å². The fourth-order valence-corrected chi connectivity index (χ4v) is 4.92. The van der Waals surface area contributed by atoms with Crippen molar-refractivity contribution in [1.29, 1.82) is 0 Å². The SMILES string of the molecule is O=C(c1cnc[nH]1)N1CCC(c2ccccc2Cl)S(=O)(=O)CC1. The van der Waals surface area contributed by atoms with Gasteiger partial charge in [-0.05, 0) is 18.1 Å². The molecular formula is C15H16ClN3O3S. The topological polar surface area (TPSA) is 83.1 Å². The molecule has 1 atom stereocenters. The number of hydrogen-bond donors (Lipinski definition) is 1. The highest BCUT2D eigenvalue weighted by Gasteiger charge is 2.34. The Bertz CT molecular complexity index is 805. The highest BCUT2D eigenvalue weighted by atomic mass is 35.5. The third-order valence-corrected chi connectivity index (χ3v) is 6.46. The van der Waals surface area contributed by atoms with Crippen LogP contribution in [0.15, 0.2) is 36.8 Å². The van der Waals surface area contributed by atoms with Gasteiger partial charge in [-0.3, -0.25) is 4.79 Å². The number of amides is 1. The van der Waals surface area contributed by atoms with Crippen LogP contribution in [-0.2, 0) is 9.84 Å². The molecule has 1 aliphatic rings. The Kier molecular flexibility index (Phi) is 4.41. The second-order valence-electron chi connectivity index (χ2n) is 5.42. The zero-order chi connectivity index (χ0) is 16.4. The zero-order valence-corrected chi connectivity index (χ0v) is 13.8. The van der Waals surface area contributed by atoms with Crippen LogP contribution in [0.1, 0.15) is 27.7 Å². The number of nitrogens with zero attached hydrogens (tertiary/aromatic N) is 2. The van der Waals surface area contributed by atoms with E-state index in [4.69, 9.17) is 11.6 Å². The summed E-state index contributed by atoms with van der Waals surface area (Å²) in [7, 11) is -3.37. The molecule has 1 amide bonds. The predicted molar refractivity (Wildman–Crippen MR) is 87.1 cm³/mol. The van der Waals surface area contributed by atoms with Crippen molar-refractivity contribution in [2.75, 3.05) is 18.8 Å². The van der Waals surface area contributed by atoms with Crippen LogP contribution in [0.4, 0.5) is 0 Å². The number of halogens is 1. The van der Waals surface area contributed by atoms with E-state index in [1.54, 1.807) is 29.2 Å². The second-order valence-corrected chi connectivity index (χ2v) is 8.13. The minimum atomic E-state index is -3.37. The van der Waals surface area contributed by atoms with E-state index in [9.17, 15) is 13.2 Å². The van der Waals surface area contributed by atoms with E-state index in [1.165, 1.54) is 12.5 Å². The number of imidazole rings is 1. The van der Waals surface area contributed by atoms with Crippen LogP contribution in [0.5, 0.6) is 0 Å². The summed E-state index contributed by atoms with van der Waals surface area (Å²) in [6.07, 6.45) is 3.19. The Hall–Kier alpha value is -1.86. The molecule has 2 aromatic rings. The fourth-order valence-electron chi connectivity index (χ4n) is 2.78. The summed E-state index contributed by atoms with van der Waals surface area (Å²) in [4.78, 5) is 20.5. The molecule has 0 aliphatic carbocycles. The predicted octanol–water partition coefficient (Wildman–Crippen LogP) is 2.07. The Morgan fingerprint density at radius 3 is 2.78 bits per heavy atom. The average molecular weight is 354 g/mol. The van der Waals surface area contributed by atoms with E-state index >= 15 is 0 Å². The molecule has 2 heterocycles. The fraction of sp³-hybridized carbons (Fsp3) is 0.333. The minimum Gasteiger partial charge on any atom is -0.341 e. The van der Waals surface area contributed by atoms with Gasteiger partial charge < -0.3 is 9.88 Å². The maximum Gasteiger partial charge on any atom is 0.271 e. The molecule has 3 rings (SSSR count). The van der Waals surface area contributed by atoms with Gasteiger partial charge in [-0.2, -0.15) is 0 Å². The zero-order valence-electron chi connectivity index (χ0n) is 12.3. The number of hydrogen-bond acceptors (Lipinski definition) is 4. The summed E-state index contributed by atoms with van der Waals surface area (Å²) in [5, 5.41) is -0.245. The van der Waals surface area contributed by atoms with Crippen molar-refractivity contribution < 1.29 is 13.2 Å². The molecular weight excluding hydrogens is 338 g/mol. The molecule has 0 saturated carbocycles. The van der Waals surface area contributed by atoms with Crippen molar-refractivity contribution in [3.8, 4) is 0 Å². The van der Waals surface area contributed by atoms with Crippen LogP contribution < -0.4 is 0 Å². The third kappa shape index (κ3) is 3.25. The number of nitrogens with one attached hydrogen (secondary N) is 1. The van der Waals surface area contributed by atoms with E-state index in [0.717, 1.165) is 0 Å². The molecule has 23 heavy (non-hydrogen) atoms. The summed E-state index contributed by atoms with van der Waals surface area (Å²) < 4.78 is 25.2. The number of H-pyrrole nitrogens is 1. The molecule has 0 bridgehead atoms. The van der Waals surface area contributed by atoms with Crippen molar-refractivity contribution in [3.63, 3.8) is 0 Å². The molecule has 8 heteroatoms. The number of aromatic nitrogens is 2. The highest BCUT2D eigenvalue weighted by Crippen LogP contribution is 2.33. The lowest BCUT2D eigenvalue weighted by atomic mass is 10.1. The molecule has 122 valence electrons. The first-order valence-corrected chi connectivity index (χ1v) is 9.32. The molecule has 1 aliphatic heterocycles. The smallest absolute Gasteiger partial charge is 0.271 e. The van der Waals surface area contributed by atoms with E-state index < -0.39 is 15.1 Å². The largest absolute Gasteiger partial charge is 0.341 e. The highest BCUT2D eigenvalue weighted by molar-refractivity contribution is 7.91. The lowest BCUT2D eigenvalue weighted by Gasteiger charge is -2.19. The molecule has 1 fully saturated rings. The number of carbonyl (C=O) groups is 1. The quantitative estimate of drug-likeness (QED) is 0.895. The summed E-state index contributed by atoms with van der Waals surface area (Å²) >= 11 is 6.16. The minimum absolute atomic E-state index is 0.0806. The van der Waals surface area contributed by atoms with Crippen LogP contribution in [-0.4, -0.2) is 48.0 Å². The monoisotopic (exact) mass is 353 g/mol. The van der Waals surface area contributed by atoms with Crippen molar-refractivity contribution in [3.05, 3.63) is 53.1 Å². The first kappa shape index (κ1) is 16.0. The maximum atomic E-state index is 12.6. The van der Waals surface area contributed by atoms with Crippen LogP contribution >= 0.6 is 11.6 Å².